The molecule has 5 nitrogen and oxygen atoms in total. The second kappa shape index (κ2) is 7.80. The molecule has 1 aromatic carbocycles. The summed E-state index contributed by atoms with van der Waals surface area (Å²) in [6, 6.07) is 9.71. The number of esters is 1. The van der Waals surface area contributed by atoms with Gasteiger partial charge >= 0.3 is 5.97 Å². The minimum atomic E-state index is -0.442. The highest BCUT2D eigenvalue weighted by molar-refractivity contribution is 9.10. The lowest BCUT2D eigenvalue weighted by Crippen LogP contribution is -2.08. The highest BCUT2D eigenvalue weighted by Gasteiger charge is 2.17. The fraction of sp³-hybridized carbons (Fsp3) is 0.167. The first kappa shape index (κ1) is 19.1. The summed E-state index contributed by atoms with van der Waals surface area (Å²) >= 11 is 3.46. The molecule has 0 aliphatic heterocycles. The summed E-state index contributed by atoms with van der Waals surface area (Å²) in [5.74, 6) is -0.442. The van der Waals surface area contributed by atoms with Crippen LogP contribution in [0.4, 0.5) is 11.4 Å². The summed E-state index contributed by atoms with van der Waals surface area (Å²) in [5.41, 5.74) is 4.41. The predicted octanol–water partition coefficient (Wildman–Crippen LogP) is 4.96. The molecular formula is C18H17BrClN3O2. The maximum absolute atomic E-state index is 12.1. The van der Waals surface area contributed by atoms with Crippen molar-refractivity contribution >= 4 is 56.7 Å². The number of hydrogen-bond acceptors (Lipinski definition) is 5. The number of nitrogens with one attached hydrogen (secondary N) is 1. The van der Waals surface area contributed by atoms with Gasteiger partial charge in [0, 0.05) is 27.4 Å². The van der Waals surface area contributed by atoms with Crippen molar-refractivity contribution in [2.45, 2.75) is 13.8 Å². The quantitative estimate of drug-likeness (QED) is 0.604. The van der Waals surface area contributed by atoms with Gasteiger partial charge in [-0.05, 0) is 49.7 Å². The van der Waals surface area contributed by atoms with E-state index in [0.717, 1.165) is 26.8 Å². The van der Waals surface area contributed by atoms with E-state index in [9.17, 15) is 4.79 Å². The highest BCUT2D eigenvalue weighted by Crippen LogP contribution is 2.31. The summed E-state index contributed by atoms with van der Waals surface area (Å²) in [6.45, 7) is 3.90. The Balaban J connectivity index is 0.00000225. The third-order valence-corrected chi connectivity index (χ3v) is 4.22. The summed E-state index contributed by atoms with van der Waals surface area (Å²) in [7, 11) is 1.36. The lowest BCUT2D eigenvalue weighted by Gasteiger charge is -2.15. The van der Waals surface area contributed by atoms with E-state index in [1.165, 1.54) is 13.3 Å². The Bertz CT molecular complexity index is 947. The molecule has 0 bridgehead atoms. The molecule has 7 heteroatoms. The van der Waals surface area contributed by atoms with Gasteiger partial charge in [0.25, 0.3) is 0 Å². The van der Waals surface area contributed by atoms with Crippen molar-refractivity contribution in [3.8, 4) is 0 Å². The number of hydrogen-bond donors (Lipinski definition) is 1. The second-order valence-corrected chi connectivity index (χ2v) is 6.36. The fourth-order valence-corrected chi connectivity index (χ4v) is 2.95. The van der Waals surface area contributed by atoms with E-state index in [4.69, 9.17) is 4.74 Å². The van der Waals surface area contributed by atoms with Gasteiger partial charge in [-0.15, -0.1) is 12.4 Å². The first-order valence-electron chi connectivity index (χ1n) is 7.37. The predicted molar refractivity (Wildman–Crippen MR) is 105 cm³/mol. The van der Waals surface area contributed by atoms with E-state index in [2.05, 4.69) is 31.2 Å². The number of aromatic nitrogens is 2. The molecular weight excluding hydrogens is 406 g/mol. The van der Waals surface area contributed by atoms with E-state index < -0.39 is 5.97 Å². The minimum absolute atomic E-state index is 0. The first-order valence-corrected chi connectivity index (χ1v) is 8.16. The maximum atomic E-state index is 12.1. The number of aryl methyl sites for hydroxylation is 2. The number of carbonyl (C=O) groups is 1. The van der Waals surface area contributed by atoms with Crippen LogP contribution >= 0.6 is 28.3 Å². The molecule has 0 radical (unpaired) electrons. The summed E-state index contributed by atoms with van der Waals surface area (Å²) in [5, 5.41) is 4.11. The standard InChI is InChI=1S/C18H16BrN3O2.ClH/c1-10-8-12(19)5-7-15(10)22-16-13-6-4-11(2)21-17(13)20-9-14(16)18(23)24-3;/h4-9H,1-3H3,(H,20,21,22);1H. The summed E-state index contributed by atoms with van der Waals surface area (Å²) < 4.78 is 5.89. The van der Waals surface area contributed by atoms with Crippen LogP contribution in [0, 0.1) is 13.8 Å². The monoisotopic (exact) mass is 421 g/mol. The van der Waals surface area contributed by atoms with Gasteiger partial charge in [0.2, 0.25) is 0 Å². The number of halogens is 2. The number of rotatable bonds is 3. The van der Waals surface area contributed by atoms with Crippen LogP contribution in [-0.2, 0) is 4.74 Å². The molecule has 25 heavy (non-hydrogen) atoms. The van der Waals surface area contributed by atoms with Crippen molar-refractivity contribution in [3.05, 3.63) is 57.8 Å². The van der Waals surface area contributed by atoms with Crippen molar-refractivity contribution in [1.82, 2.24) is 9.97 Å². The average Bonchev–Trinajstić information content (AvgIpc) is 2.56. The molecule has 3 aromatic rings. The van der Waals surface area contributed by atoms with E-state index in [1.807, 2.05) is 44.2 Å². The molecule has 1 N–H and O–H groups in total. The normalized spacial score (nSPS) is 10.2. The summed E-state index contributed by atoms with van der Waals surface area (Å²) in [4.78, 5) is 20.9. The molecule has 0 saturated carbocycles. The minimum Gasteiger partial charge on any atom is -0.465 e. The lowest BCUT2D eigenvalue weighted by atomic mass is 10.1. The largest absolute Gasteiger partial charge is 0.465 e. The highest BCUT2D eigenvalue weighted by atomic mass is 79.9. The number of nitrogens with zero attached hydrogens (tertiary/aromatic N) is 2. The lowest BCUT2D eigenvalue weighted by molar-refractivity contribution is 0.0601. The molecule has 0 amide bonds. The number of carbonyl (C=O) groups excluding carboxylic acids is 1. The molecule has 0 saturated heterocycles. The van der Waals surface area contributed by atoms with Gasteiger partial charge < -0.3 is 10.1 Å². The van der Waals surface area contributed by atoms with Crippen LogP contribution in [0.3, 0.4) is 0 Å². The number of methoxy groups -OCH3 is 1. The Kier molecular flexibility index (Phi) is 5.98. The molecule has 0 atom stereocenters. The van der Waals surface area contributed by atoms with Crippen LogP contribution in [0.2, 0.25) is 0 Å². The zero-order valence-corrected chi connectivity index (χ0v) is 16.4. The average molecular weight is 423 g/mol. The first-order chi connectivity index (χ1) is 11.5. The van der Waals surface area contributed by atoms with Gasteiger partial charge in [0.1, 0.15) is 5.56 Å². The van der Waals surface area contributed by atoms with Crippen LogP contribution < -0.4 is 5.32 Å². The van der Waals surface area contributed by atoms with Crippen molar-refractivity contribution < 1.29 is 9.53 Å². The SMILES string of the molecule is COC(=O)c1cnc2nc(C)ccc2c1Nc1ccc(Br)cc1C.Cl. The van der Waals surface area contributed by atoms with E-state index in [1.54, 1.807) is 0 Å². The Morgan fingerprint density at radius 3 is 2.64 bits per heavy atom. The van der Waals surface area contributed by atoms with Gasteiger partial charge in [-0.1, -0.05) is 15.9 Å². The number of anilines is 2. The van der Waals surface area contributed by atoms with Crippen LogP contribution in [0.25, 0.3) is 11.0 Å². The molecule has 130 valence electrons. The molecule has 0 spiro atoms. The van der Waals surface area contributed by atoms with Gasteiger partial charge in [-0.2, -0.15) is 0 Å². The van der Waals surface area contributed by atoms with Gasteiger partial charge in [-0.3, -0.25) is 0 Å². The zero-order valence-electron chi connectivity index (χ0n) is 14.0. The molecule has 2 aromatic heterocycles. The summed E-state index contributed by atoms with van der Waals surface area (Å²) in [6.07, 6.45) is 1.50. The molecule has 0 fully saturated rings. The van der Waals surface area contributed by atoms with Crippen LogP contribution in [-0.4, -0.2) is 23.0 Å². The number of benzene rings is 1. The number of ether oxygens (including phenoxy) is 1. The Hall–Kier alpha value is -2.18. The molecule has 0 unspecified atom stereocenters. The molecule has 0 aliphatic carbocycles. The Morgan fingerprint density at radius 1 is 1.20 bits per heavy atom. The van der Waals surface area contributed by atoms with Crippen molar-refractivity contribution in [3.63, 3.8) is 0 Å². The molecule has 2 heterocycles. The van der Waals surface area contributed by atoms with Crippen molar-refractivity contribution in [2.75, 3.05) is 12.4 Å². The van der Waals surface area contributed by atoms with Crippen molar-refractivity contribution in [2.24, 2.45) is 0 Å². The van der Waals surface area contributed by atoms with E-state index in [-0.39, 0.29) is 12.4 Å². The zero-order chi connectivity index (χ0) is 17.3. The number of fused-ring (bicyclic) bond motifs is 1. The Labute approximate surface area is 160 Å². The van der Waals surface area contributed by atoms with Gasteiger partial charge in [-0.25, -0.2) is 14.8 Å². The third-order valence-electron chi connectivity index (χ3n) is 3.72. The van der Waals surface area contributed by atoms with E-state index >= 15 is 0 Å². The van der Waals surface area contributed by atoms with Crippen LogP contribution in [0.1, 0.15) is 21.6 Å². The van der Waals surface area contributed by atoms with Crippen LogP contribution in [0.5, 0.6) is 0 Å². The van der Waals surface area contributed by atoms with Gasteiger partial charge in [0.15, 0.2) is 5.65 Å². The van der Waals surface area contributed by atoms with Crippen molar-refractivity contribution in [1.29, 1.82) is 0 Å². The maximum Gasteiger partial charge on any atom is 0.341 e. The topological polar surface area (TPSA) is 64.1 Å². The van der Waals surface area contributed by atoms with Crippen LogP contribution in [0.15, 0.2) is 41.0 Å². The second-order valence-electron chi connectivity index (χ2n) is 5.45. The third kappa shape index (κ3) is 3.91. The number of pyridine rings is 2. The molecule has 3 rings (SSSR count). The van der Waals surface area contributed by atoms with E-state index in [0.29, 0.717) is 16.9 Å². The smallest absolute Gasteiger partial charge is 0.341 e. The fourth-order valence-electron chi connectivity index (χ4n) is 2.47. The Morgan fingerprint density at radius 2 is 1.96 bits per heavy atom. The van der Waals surface area contributed by atoms with Gasteiger partial charge in [0.05, 0.1) is 12.8 Å². The molecule has 0 aliphatic rings.